The highest BCUT2D eigenvalue weighted by Gasteiger charge is 2.26. The van der Waals surface area contributed by atoms with E-state index in [4.69, 9.17) is 4.74 Å². The number of aliphatic carboxylic acids is 1. The Morgan fingerprint density at radius 3 is 2.50 bits per heavy atom. The topological polar surface area (TPSA) is 75.6 Å². The Labute approximate surface area is 143 Å². The fourth-order valence-corrected chi connectivity index (χ4v) is 3.08. The summed E-state index contributed by atoms with van der Waals surface area (Å²) in [5.74, 6) is -1.74. The van der Waals surface area contributed by atoms with Gasteiger partial charge in [0.1, 0.15) is 6.10 Å². The highest BCUT2D eigenvalue weighted by Crippen LogP contribution is 2.23. The second kappa shape index (κ2) is 9.42. The van der Waals surface area contributed by atoms with Crippen LogP contribution in [-0.4, -0.2) is 35.7 Å². The molecule has 132 valence electrons. The van der Waals surface area contributed by atoms with Crippen LogP contribution in [0.1, 0.15) is 44.6 Å². The summed E-state index contributed by atoms with van der Waals surface area (Å²) in [6.07, 6.45) is 5.00. The predicted octanol–water partition coefficient (Wildman–Crippen LogP) is 2.78. The lowest BCUT2D eigenvalue weighted by Gasteiger charge is -2.21. The molecule has 1 saturated carbocycles. The molecule has 0 aromatic heterocycles. The van der Waals surface area contributed by atoms with Crippen LogP contribution in [0, 0.1) is 5.92 Å². The van der Waals surface area contributed by atoms with Crippen LogP contribution < -0.4 is 5.32 Å². The smallest absolute Gasteiger partial charge is 0.308 e. The maximum Gasteiger partial charge on any atom is 0.308 e. The fraction of sp³-hybridized carbons (Fsp3) is 0.579. The SMILES string of the molecule is CCC(OC1CCCC1)C(=O)NCC(Cc1ccccc1)C(=O)O. The second-order valence-corrected chi connectivity index (χ2v) is 6.41. The molecule has 2 atom stereocenters. The van der Waals surface area contributed by atoms with E-state index < -0.39 is 18.0 Å². The summed E-state index contributed by atoms with van der Waals surface area (Å²) >= 11 is 0. The van der Waals surface area contributed by atoms with E-state index in [0.29, 0.717) is 12.8 Å². The number of rotatable bonds is 9. The fourth-order valence-electron chi connectivity index (χ4n) is 3.08. The van der Waals surface area contributed by atoms with Crippen LogP contribution in [0.4, 0.5) is 0 Å². The minimum Gasteiger partial charge on any atom is -0.481 e. The molecule has 1 amide bonds. The van der Waals surface area contributed by atoms with E-state index in [9.17, 15) is 14.7 Å². The summed E-state index contributed by atoms with van der Waals surface area (Å²) in [6.45, 7) is 2.03. The van der Waals surface area contributed by atoms with Gasteiger partial charge < -0.3 is 15.2 Å². The van der Waals surface area contributed by atoms with Crippen LogP contribution in [0.3, 0.4) is 0 Å². The van der Waals surface area contributed by atoms with Gasteiger partial charge in [-0.25, -0.2) is 0 Å². The lowest BCUT2D eigenvalue weighted by atomic mass is 9.99. The third-order valence-corrected chi connectivity index (χ3v) is 4.52. The van der Waals surface area contributed by atoms with E-state index in [0.717, 1.165) is 31.2 Å². The highest BCUT2D eigenvalue weighted by molar-refractivity contribution is 5.81. The first-order valence-corrected chi connectivity index (χ1v) is 8.80. The molecule has 5 nitrogen and oxygen atoms in total. The average molecular weight is 333 g/mol. The molecule has 2 N–H and O–H groups in total. The van der Waals surface area contributed by atoms with Crippen molar-refractivity contribution in [1.82, 2.24) is 5.32 Å². The van der Waals surface area contributed by atoms with Gasteiger partial charge in [0.15, 0.2) is 0 Å². The molecule has 5 heteroatoms. The Morgan fingerprint density at radius 2 is 1.92 bits per heavy atom. The molecule has 2 rings (SSSR count). The summed E-state index contributed by atoms with van der Waals surface area (Å²) in [4.78, 5) is 23.8. The molecule has 0 spiro atoms. The third kappa shape index (κ3) is 5.64. The quantitative estimate of drug-likeness (QED) is 0.728. The molecule has 0 bridgehead atoms. The highest BCUT2D eigenvalue weighted by atomic mass is 16.5. The number of amides is 1. The first-order valence-electron chi connectivity index (χ1n) is 8.80. The molecule has 0 heterocycles. The number of nitrogens with one attached hydrogen (secondary N) is 1. The van der Waals surface area contributed by atoms with Crippen molar-refractivity contribution >= 4 is 11.9 Å². The van der Waals surface area contributed by atoms with Crippen molar-refractivity contribution < 1.29 is 19.4 Å². The van der Waals surface area contributed by atoms with E-state index in [1.54, 1.807) is 0 Å². The molecule has 0 saturated heterocycles. The van der Waals surface area contributed by atoms with Crippen LogP contribution in [-0.2, 0) is 20.7 Å². The average Bonchev–Trinajstić information content (AvgIpc) is 3.10. The number of hydrogen-bond donors (Lipinski definition) is 2. The first-order chi connectivity index (χ1) is 11.6. The first kappa shape index (κ1) is 18.5. The molecular formula is C19H27NO4. The Morgan fingerprint density at radius 1 is 1.25 bits per heavy atom. The van der Waals surface area contributed by atoms with Crippen molar-refractivity contribution in [3.63, 3.8) is 0 Å². The van der Waals surface area contributed by atoms with E-state index >= 15 is 0 Å². The zero-order valence-electron chi connectivity index (χ0n) is 14.2. The second-order valence-electron chi connectivity index (χ2n) is 6.41. The standard InChI is InChI=1S/C19H27NO4/c1-2-17(24-16-10-6-7-11-16)18(21)20-13-15(19(22)23)12-14-8-4-3-5-9-14/h3-5,8-9,15-17H,2,6-7,10-13H2,1H3,(H,20,21)(H,22,23). The maximum absolute atomic E-state index is 12.3. The lowest BCUT2D eigenvalue weighted by molar-refractivity contribution is -0.142. The van der Waals surface area contributed by atoms with Crippen molar-refractivity contribution in [1.29, 1.82) is 0 Å². The van der Waals surface area contributed by atoms with Gasteiger partial charge in [-0.15, -0.1) is 0 Å². The van der Waals surface area contributed by atoms with Gasteiger partial charge in [-0.1, -0.05) is 50.1 Å². The van der Waals surface area contributed by atoms with Crippen LogP contribution in [0.25, 0.3) is 0 Å². The summed E-state index contributed by atoms with van der Waals surface area (Å²) in [5, 5.41) is 12.2. The van der Waals surface area contributed by atoms with Crippen LogP contribution in [0.2, 0.25) is 0 Å². The molecule has 1 aromatic carbocycles. The van der Waals surface area contributed by atoms with E-state index in [1.807, 2.05) is 37.3 Å². The van der Waals surface area contributed by atoms with Crippen molar-refractivity contribution in [3.05, 3.63) is 35.9 Å². The Hall–Kier alpha value is -1.88. The van der Waals surface area contributed by atoms with Crippen LogP contribution in [0.5, 0.6) is 0 Å². The van der Waals surface area contributed by atoms with Crippen LogP contribution in [0.15, 0.2) is 30.3 Å². The van der Waals surface area contributed by atoms with Crippen molar-refractivity contribution in [3.8, 4) is 0 Å². The zero-order chi connectivity index (χ0) is 17.4. The van der Waals surface area contributed by atoms with Gasteiger partial charge in [0, 0.05) is 6.54 Å². The Bertz CT molecular complexity index is 525. The van der Waals surface area contributed by atoms with Gasteiger partial charge in [0.2, 0.25) is 5.91 Å². The summed E-state index contributed by atoms with van der Waals surface area (Å²) < 4.78 is 5.87. The summed E-state index contributed by atoms with van der Waals surface area (Å²) in [6, 6.07) is 9.46. The number of ether oxygens (including phenoxy) is 1. The zero-order valence-corrected chi connectivity index (χ0v) is 14.2. The number of carbonyl (C=O) groups excluding carboxylic acids is 1. The molecule has 24 heavy (non-hydrogen) atoms. The molecule has 1 fully saturated rings. The summed E-state index contributed by atoms with van der Waals surface area (Å²) in [7, 11) is 0. The number of carboxylic acids is 1. The van der Waals surface area contributed by atoms with E-state index in [-0.39, 0.29) is 18.6 Å². The van der Waals surface area contributed by atoms with Gasteiger partial charge >= 0.3 is 5.97 Å². The number of carbonyl (C=O) groups is 2. The molecule has 2 unspecified atom stereocenters. The number of carboxylic acid groups (broad SMARTS) is 1. The normalized spacial score (nSPS) is 17.4. The lowest BCUT2D eigenvalue weighted by Crippen LogP contribution is -2.41. The maximum atomic E-state index is 12.3. The minimum absolute atomic E-state index is 0.119. The Kier molecular flexibility index (Phi) is 7.25. The molecule has 1 aromatic rings. The molecule has 0 aliphatic heterocycles. The summed E-state index contributed by atoms with van der Waals surface area (Å²) in [5.41, 5.74) is 0.952. The molecule has 1 aliphatic carbocycles. The van der Waals surface area contributed by atoms with Gasteiger partial charge in [0.25, 0.3) is 0 Å². The van der Waals surface area contributed by atoms with Gasteiger partial charge in [-0.2, -0.15) is 0 Å². The third-order valence-electron chi connectivity index (χ3n) is 4.52. The molecule has 1 aliphatic rings. The van der Waals surface area contributed by atoms with Gasteiger partial charge in [-0.05, 0) is 31.2 Å². The van der Waals surface area contributed by atoms with Crippen molar-refractivity contribution in [2.45, 2.75) is 57.7 Å². The predicted molar refractivity (Wildman–Crippen MR) is 91.7 cm³/mol. The Balaban J connectivity index is 1.85. The molecular weight excluding hydrogens is 306 g/mol. The van der Waals surface area contributed by atoms with Gasteiger partial charge in [0.05, 0.1) is 12.0 Å². The number of benzene rings is 1. The van der Waals surface area contributed by atoms with E-state index in [1.165, 1.54) is 0 Å². The van der Waals surface area contributed by atoms with Crippen molar-refractivity contribution in [2.24, 2.45) is 5.92 Å². The van der Waals surface area contributed by atoms with Crippen LogP contribution >= 0.6 is 0 Å². The van der Waals surface area contributed by atoms with E-state index in [2.05, 4.69) is 5.32 Å². The largest absolute Gasteiger partial charge is 0.481 e. The minimum atomic E-state index is -0.899. The molecule has 0 radical (unpaired) electrons. The number of hydrogen-bond acceptors (Lipinski definition) is 3. The monoisotopic (exact) mass is 333 g/mol. The van der Waals surface area contributed by atoms with Gasteiger partial charge in [-0.3, -0.25) is 9.59 Å². The van der Waals surface area contributed by atoms with Crippen molar-refractivity contribution in [2.75, 3.05) is 6.54 Å².